The van der Waals surface area contributed by atoms with Gasteiger partial charge < -0.3 is 9.64 Å². The Hall–Kier alpha value is -3.80. The van der Waals surface area contributed by atoms with Crippen molar-refractivity contribution in [3.8, 4) is 5.75 Å². The average Bonchev–Trinajstić information content (AvgIpc) is 3.29. The predicted octanol–water partition coefficient (Wildman–Crippen LogP) is 7.50. The summed E-state index contributed by atoms with van der Waals surface area (Å²) in [6.45, 7) is 2.30. The number of amidine groups is 1. The number of halogens is 2. The number of hydrogen-bond donors (Lipinski definition) is 0. The van der Waals surface area contributed by atoms with Crippen LogP contribution in [0.1, 0.15) is 29.8 Å². The van der Waals surface area contributed by atoms with Crippen molar-refractivity contribution in [3.05, 3.63) is 130 Å². The van der Waals surface area contributed by atoms with Gasteiger partial charge in [-0.25, -0.2) is 5.01 Å². The van der Waals surface area contributed by atoms with Gasteiger partial charge in [-0.05, 0) is 42.0 Å². The number of Topliss-reactive ketones (excluding diaryl/α,β-unsaturated/α-hetero) is 1. The Morgan fingerprint density at radius 1 is 0.892 bits per heavy atom. The van der Waals surface area contributed by atoms with Gasteiger partial charge in [0, 0.05) is 34.6 Å². The highest BCUT2D eigenvalue weighted by atomic mass is 35.5. The van der Waals surface area contributed by atoms with Crippen LogP contribution in [0, 0.1) is 0 Å². The topological polar surface area (TPSA) is 45.1 Å². The minimum Gasteiger partial charge on any atom is -0.488 e. The molecule has 0 spiro atoms. The molecular weight excluding hydrogens is 505 g/mol. The van der Waals surface area contributed by atoms with Gasteiger partial charge in [-0.1, -0.05) is 89.9 Å². The van der Waals surface area contributed by atoms with Crippen LogP contribution < -0.4 is 9.75 Å². The van der Waals surface area contributed by atoms with Crippen LogP contribution in [-0.2, 0) is 17.9 Å². The Morgan fingerprint density at radius 2 is 1.57 bits per heavy atom. The summed E-state index contributed by atoms with van der Waals surface area (Å²) in [6.07, 6.45) is -0.471. The zero-order valence-corrected chi connectivity index (χ0v) is 21.7. The van der Waals surface area contributed by atoms with Gasteiger partial charge in [0.15, 0.2) is 17.8 Å². The zero-order chi connectivity index (χ0) is 25.8. The van der Waals surface area contributed by atoms with E-state index in [-0.39, 0.29) is 12.4 Å². The fraction of sp³-hybridized carbons (Fsp3) is 0.133. The van der Waals surface area contributed by atoms with Crippen LogP contribution in [0.2, 0.25) is 10.0 Å². The van der Waals surface area contributed by atoms with Crippen LogP contribution in [0.15, 0.2) is 108 Å². The molecule has 0 saturated heterocycles. The molecule has 5 rings (SSSR count). The number of anilines is 1. The molecule has 5 nitrogen and oxygen atoms in total. The van der Waals surface area contributed by atoms with Gasteiger partial charge in [0.2, 0.25) is 0 Å². The van der Waals surface area contributed by atoms with E-state index in [0.29, 0.717) is 28.2 Å². The Bertz CT molecular complexity index is 1430. The molecule has 4 aromatic rings. The number of carbonyl (C=O) groups excluding carboxylic acids is 1. The second-order valence-corrected chi connectivity index (χ2v) is 9.55. The molecule has 0 amide bonds. The lowest BCUT2D eigenvalue weighted by molar-refractivity contribution is -0.111. The first-order valence-electron chi connectivity index (χ1n) is 11.9. The lowest BCUT2D eigenvalue weighted by Crippen LogP contribution is -2.37. The van der Waals surface area contributed by atoms with Crippen molar-refractivity contribution < 1.29 is 9.53 Å². The molecule has 0 radical (unpaired) electrons. The largest absolute Gasteiger partial charge is 0.488 e. The van der Waals surface area contributed by atoms with E-state index < -0.39 is 6.17 Å². The van der Waals surface area contributed by atoms with E-state index >= 15 is 0 Å². The van der Waals surface area contributed by atoms with E-state index in [1.54, 1.807) is 6.07 Å². The molecule has 0 bridgehead atoms. The average molecular weight is 530 g/mol. The van der Waals surface area contributed by atoms with Gasteiger partial charge in [0.05, 0.1) is 5.69 Å². The van der Waals surface area contributed by atoms with Crippen LogP contribution in [-0.4, -0.2) is 16.5 Å². The van der Waals surface area contributed by atoms with E-state index in [2.05, 4.69) is 0 Å². The third-order valence-electron chi connectivity index (χ3n) is 6.12. The third kappa shape index (κ3) is 5.48. The van der Waals surface area contributed by atoms with Crippen LogP contribution >= 0.6 is 23.2 Å². The minimum atomic E-state index is -0.471. The summed E-state index contributed by atoms with van der Waals surface area (Å²) in [5.74, 6) is 0.878. The summed E-state index contributed by atoms with van der Waals surface area (Å²) in [4.78, 5) is 14.8. The quantitative estimate of drug-likeness (QED) is 0.237. The predicted molar refractivity (Wildman–Crippen MR) is 149 cm³/mol. The molecule has 0 aliphatic carbocycles. The SMILES string of the molecule is CC(=O)C1=NN(c2ccccc2)C(c2cc(Cl)ccc2OCc2ccccc2Cl)N1Cc1ccccc1. The number of rotatable bonds is 8. The van der Waals surface area contributed by atoms with Gasteiger partial charge in [0.25, 0.3) is 0 Å². The van der Waals surface area contributed by atoms with Crippen LogP contribution in [0.25, 0.3) is 0 Å². The van der Waals surface area contributed by atoms with E-state index in [1.165, 1.54) is 6.92 Å². The maximum absolute atomic E-state index is 12.8. The first-order chi connectivity index (χ1) is 18.0. The van der Waals surface area contributed by atoms with Crippen molar-refractivity contribution in [1.82, 2.24) is 4.90 Å². The molecular formula is C30H25Cl2N3O2. The van der Waals surface area contributed by atoms with E-state index in [9.17, 15) is 4.79 Å². The second-order valence-electron chi connectivity index (χ2n) is 8.71. The monoisotopic (exact) mass is 529 g/mol. The Morgan fingerprint density at radius 3 is 2.27 bits per heavy atom. The van der Waals surface area contributed by atoms with Crippen LogP contribution in [0.5, 0.6) is 5.75 Å². The maximum atomic E-state index is 12.8. The number of ketones is 1. The fourth-order valence-corrected chi connectivity index (χ4v) is 4.75. The highest BCUT2D eigenvalue weighted by Crippen LogP contribution is 2.41. The van der Waals surface area contributed by atoms with Gasteiger partial charge in [-0.15, -0.1) is 5.10 Å². The van der Waals surface area contributed by atoms with Crippen molar-refractivity contribution >= 4 is 40.5 Å². The van der Waals surface area contributed by atoms with E-state index in [0.717, 1.165) is 22.4 Å². The molecule has 0 saturated carbocycles. The summed E-state index contributed by atoms with van der Waals surface area (Å²) in [5.41, 5.74) is 3.56. The maximum Gasteiger partial charge on any atom is 0.196 e. The smallest absolute Gasteiger partial charge is 0.196 e. The molecule has 186 valence electrons. The zero-order valence-electron chi connectivity index (χ0n) is 20.2. The molecule has 37 heavy (non-hydrogen) atoms. The number of carbonyl (C=O) groups is 1. The molecule has 7 heteroatoms. The summed E-state index contributed by atoms with van der Waals surface area (Å²) >= 11 is 12.9. The number of benzene rings is 4. The standard InChI is InChI=1S/C30H25Cl2N3O2/c1-21(36)29-33-35(25-13-6-3-7-14-25)30(34(29)19-22-10-4-2-5-11-22)26-18-24(31)16-17-28(26)37-20-23-12-8-9-15-27(23)32/h2-18,30H,19-20H2,1H3. The minimum absolute atomic E-state index is 0.125. The van der Waals surface area contributed by atoms with Gasteiger partial charge >= 0.3 is 0 Å². The van der Waals surface area contributed by atoms with Crippen LogP contribution in [0.4, 0.5) is 5.69 Å². The van der Waals surface area contributed by atoms with Crippen LogP contribution in [0.3, 0.4) is 0 Å². The van der Waals surface area contributed by atoms with E-state index in [4.69, 9.17) is 33.0 Å². The fourth-order valence-electron chi connectivity index (χ4n) is 4.38. The van der Waals surface area contributed by atoms with Gasteiger partial charge in [-0.3, -0.25) is 4.79 Å². The summed E-state index contributed by atoms with van der Waals surface area (Å²) in [6, 6.07) is 32.9. The molecule has 1 unspecified atom stereocenters. The molecule has 1 aliphatic heterocycles. The van der Waals surface area contributed by atoms with Crippen molar-refractivity contribution in [3.63, 3.8) is 0 Å². The Kier molecular flexibility index (Phi) is 7.45. The molecule has 4 aromatic carbocycles. The van der Waals surface area contributed by atoms with E-state index in [1.807, 2.05) is 107 Å². The Labute approximate surface area is 226 Å². The summed E-state index contributed by atoms with van der Waals surface area (Å²) in [5, 5.41) is 7.85. The van der Waals surface area contributed by atoms with Crippen molar-refractivity contribution in [2.45, 2.75) is 26.2 Å². The highest BCUT2D eigenvalue weighted by Gasteiger charge is 2.39. The molecule has 0 fully saturated rings. The lowest BCUT2D eigenvalue weighted by Gasteiger charge is -2.33. The number of hydrogen-bond acceptors (Lipinski definition) is 5. The lowest BCUT2D eigenvalue weighted by atomic mass is 10.1. The molecule has 1 heterocycles. The number of ether oxygens (including phenoxy) is 1. The first-order valence-corrected chi connectivity index (χ1v) is 12.7. The number of nitrogens with zero attached hydrogens (tertiary/aromatic N) is 3. The summed E-state index contributed by atoms with van der Waals surface area (Å²) in [7, 11) is 0. The normalized spacial score (nSPS) is 15.0. The van der Waals surface area contributed by atoms with Gasteiger partial charge in [-0.2, -0.15) is 0 Å². The summed E-state index contributed by atoms with van der Waals surface area (Å²) < 4.78 is 6.32. The molecule has 0 N–H and O–H groups in total. The number of hydrazone groups is 1. The molecule has 0 aromatic heterocycles. The highest BCUT2D eigenvalue weighted by molar-refractivity contribution is 6.38. The van der Waals surface area contributed by atoms with Crippen molar-refractivity contribution in [1.29, 1.82) is 0 Å². The Balaban J connectivity index is 1.60. The first kappa shape index (κ1) is 24.9. The van der Waals surface area contributed by atoms with Gasteiger partial charge in [0.1, 0.15) is 12.4 Å². The third-order valence-corrected chi connectivity index (χ3v) is 6.73. The van der Waals surface area contributed by atoms with Crippen molar-refractivity contribution in [2.24, 2.45) is 5.10 Å². The second kappa shape index (κ2) is 11.1. The molecule has 1 atom stereocenters. The van der Waals surface area contributed by atoms with Crippen molar-refractivity contribution in [2.75, 3.05) is 5.01 Å². The number of para-hydroxylation sites is 1. The molecule has 1 aliphatic rings.